The van der Waals surface area contributed by atoms with E-state index in [1.807, 2.05) is 0 Å². The third-order valence-corrected chi connectivity index (χ3v) is 4.74. The summed E-state index contributed by atoms with van der Waals surface area (Å²) in [6, 6.07) is 2.32. The number of rotatable bonds is 4. The van der Waals surface area contributed by atoms with Gasteiger partial charge in [-0.3, -0.25) is 14.9 Å². The minimum atomic E-state index is -0.726. The van der Waals surface area contributed by atoms with Crippen molar-refractivity contribution in [3.8, 4) is 0 Å². The second kappa shape index (κ2) is 5.84. The van der Waals surface area contributed by atoms with Gasteiger partial charge in [0.25, 0.3) is 5.91 Å². The number of hydrogen-bond donors (Lipinski definition) is 1. The fraction of sp³-hybridized carbons (Fsp3) is 0.286. The van der Waals surface area contributed by atoms with Gasteiger partial charge in [0.05, 0.1) is 18.7 Å². The molecule has 0 bridgehead atoms. The van der Waals surface area contributed by atoms with Gasteiger partial charge in [-0.1, -0.05) is 0 Å². The second-order valence-electron chi connectivity index (χ2n) is 4.90. The summed E-state index contributed by atoms with van der Waals surface area (Å²) in [7, 11) is 1.28. The number of nitrogens with zero attached hydrogens (tertiary/aromatic N) is 1. The zero-order chi connectivity index (χ0) is 16.6. The highest BCUT2D eigenvalue weighted by molar-refractivity contribution is 7.17. The molecule has 0 saturated heterocycles. The van der Waals surface area contributed by atoms with Crippen molar-refractivity contribution in [2.75, 3.05) is 12.4 Å². The third kappa shape index (κ3) is 2.70. The maximum Gasteiger partial charge on any atom is 0.433 e. The first-order chi connectivity index (χ1) is 11.0. The molecule has 0 radical (unpaired) electrons. The van der Waals surface area contributed by atoms with E-state index in [4.69, 9.17) is 9.15 Å². The lowest BCUT2D eigenvalue weighted by Gasteiger charge is -2.05. The first-order valence-corrected chi connectivity index (χ1v) is 7.61. The van der Waals surface area contributed by atoms with Crippen molar-refractivity contribution in [2.45, 2.75) is 19.3 Å². The quantitative estimate of drug-likeness (QED) is 0.522. The van der Waals surface area contributed by atoms with Crippen molar-refractivity contribution >= 4 is 34.1 Å². The summed E-state index contributed by atoms with van der Waals surface area (Å²) in [6.45, 7) is 0. The molecule has 1 N–H and O–H groups in total. The van der Waals surface area contributed by atoms with Crippen molar-refractivity contribution in [3.05, 3.63) is 44.0 Å². The number of hydrogen-bond acceptors (Lipinski definition) is 7. The van der Waals surface area contributed by atoms with E-state index in [0.717, 1.165) is 35.8 Å². The third-order valence-electron chi connectivity index (χ3n) is 3.53. The molecule has 0 unspecified atom stereocenters. The predicted molar refractivity (Wildman–Crippen MR) is 81.0 cm³/mol. The van der Waals surface area contributed by atoms with Crippen molar-refractivity contribution in [1.82, 2.24) is 0 Å². The number of thiophene rings is 1. The number of esters is 1. The Hall–Kier alpha value is -2.68. The molecule has 1 aliphatic carbocycles. The molecule has 1 amide bonds. The fourth-order valence-corrected chi connectivity index (χ4v) is 3.80. The van der Waals surface area contributed by atoms with Crippen LogP contribution in [0.25, 0.3) is 0 Å². The van der Waals surface area contributed by atoms with Crippen molar-refractivity contribution in [2.24, 2.45) is 0 Å². The molecule has 23 heavy (non-hydrogen) atoms. The smallest absolute Gasteiger partial charge is 0.433 e. The Morgan fingerprint density at radius 2 is 2.17 bits per heavy atom. The van der Waals surface area contributed by atoms with Crippen LogP contribution in [0.15, 0.2) is 16.5 Å². The van der Waals surface area contributed by atoms with Gasteiger partial charge in [-0.15, -0.1) is 11.3 Å². The van der Waals surface area contributed by atoms with Crippen LogP contribution in [-0.4, -0.2) is 23.9 Å². The molecule has 0 spiro atoms. The number of nitro groups is 1. The van der Waals surface area contributed by atoms with Gasteiger partial charge in [-0.2, -0.15) is 0 Å². The number of methoxy groups -OCH3 is 1. The molecule has 0 fully saturated rings. The summed E-state index contributed by atoms with van der Waals surface area (Å²) >= 11 is 1.32. The van der Waals surface area contributed by atoms with E-state index in [9.17, 15) is 19.7 Å². The summed E-state index contributed by atoms with van der Waals surface area (Å²) < 4.78 is 9.65. The summed E-state index contributed by atoms with van der Waals surface area (Å²) in [4.78, 5) is 35.1. The highest BCUT2D eigenvalue weighted by atomic mass is 32.1. The molecule has 2 aromatic rings. The Morgan fingerprint density at radius 3 is 2.83 bits per heavy atom. The SMILES string of the molecule is COC(=O)c1c(NC(=O)c2ccc([N+](=O)[O-])o2)sc2c1CCC2. The number of ether oxygens (including phenoxy) is 1. The minimum Gasteiger partial charge on any atom is -0.465 e. The molecule has 8 nitrogen and oxygen atoms in total. The average Bonchev–Trinajstić information content (AvgIpc) is 3.21. The summed E-state index contributed by atoms with van der Waals surface area (Å²) in [5.74, 6) is -1.87. The van der Waals surface area contributed by atoms with E-state index in [1.165, 1.54) is 24.5 Å². The van der Waals surface area contributed by atoms with Crippen LogP contribution in [0.1, 0.15) is 37.8 Å². The largest absolute Gasteiger partial charge is 0.465 e. The lowest BCUT2D eigenvalue weighted by molar-refractivity contribution is -0.402. The van der Waals surface area contributed by atoms with Gasteiger partial charge in [-0.25, -0.2) is 4.79 Å². The average molecular weight is 336 g/mol. The van der Waals surface area contributed by atoms with Gasteiger partial charge >= 0.3 is 11.9 Å². The molecular weight excluding hydrogens is 324 g/mol. The van der Waals surface area contributed by atoms with Crippen molar-refractivity contribution < 1.29 is 23.7 Å². The van der Waals surface area contributed by atoms with Gasteiger partial charge in [0.1, 0.15) is 9.92 Å². The van der Waals surface area contributed by atoms with Crippen LogP contribution >= 0.6 is 11.3 Å². The normalized spacial score (nSPS) is 12.7. The Balaban J connectivity index is 1.89. The Labute approximate surface area is 134 Å². The molecular formula is C14H12N2O6S. The van der Waals surface area contributed by atoms with E-state index in [2.05, 4.69) is 5.32 Å². The Kier molecular flexibility index (Phi) is 3.87. The predicted octanol–water partition coefficient (Wildman–Crippen LogP) is 2.78. The van der Waals surface area contributed by atoms with Gasteiger partial charge < -0.3 is 14.5 Å². The topological polar surface area (TPSA) is 112 Å². The van der Waals surface area contributed by atoms with Crippen LogP contribution in [-0.2, 0) is 17.6 Å². The van der Waals surface area contributed by atoms with E-state index in [1.54, 1.807) is 0 Å². The van der Waals surface area contributed by atoms with Crippen LogP contribution in [0.5, 0.6) is 0 Å². The first kappa shape index (κ1) is 15.2. The summed E-state index contributed by atoms with van der Waals surface area (Å²) in [5, 5.41) is 13.6. The highest BCUT2D eigenvalue weighted by Crippen LogP contribution is 2.39. The van der Waals surface area contributed by atoms with Crippen LogP contribution < -0.4 is 5.32 Å². The minimum absolute atomic E-state index is 0.193. The Morgan fingerprint density at radius 1 is 1.39 bits per heavy atom. The number of furan rings is 1. The summed E-state index contributed by atoms with van der Waals surface area (Å²) in [5.41, 5.74) is 1.27. The number of carbonyl (C=O) groups is 2. The van der Waals surface area contributed by atoms with Crippen molar-refractivity contribution in [1.29, 1.82) is 0 Å². The maximum absolute atomic E-state index is 12.2. The second-order valence-corrected chi connectivity index (χ2v) is 6.01. The standard InChI is InChI=1S/C14H12N2O6S/c1-21-14(18)11-7-3-2-4-9(7)23-13(11)15-12(17)8-5-6-10(22-8)16(19)20/h5-6H,2-4H2,1H3,(H,15,17). The number of amides is 1. The maximum atomic E-state index is 12.2. The molecule has 2 aromatic heterocycles. The zero-order valence-corrected chi connectivity index (χ0v) is 12.9. The molecule has 120 valence electrons. The molecule has 2 heterocycles. The number of anilines is 1. The van der Waals surface area contributed by atoms with E-state index in [0.29, 0.717) is 10.6 Å². The van der Waals surface area contributed by atoms with Crippen LogP contribution in [0.4, 0.5) is 10.9 Å². The van der Waals surface area contributed by atoms with Crippen LogP contribution in [0.2, 0.25) is 0 Å². The van der Waals surface area contributed by atoms with Gasteiger partial charge in [-0.05, 0) is 30.9 Å². The lowest BCUT2D eigenvalue weighted by atomic mass is 10.1. The number of aryl methyl sites for hydroxylation is 1. The molecule has 0 aliphatic heterocycles. The number of nitrogens with one attached hydrogen (secondary N) is 1. The molecule has 3 rings (SSSR count). The number of fused-ring (bicyclic) bond motifs is 1. The van der Waals surface area contributed by atoms with Crippen LogP contribution in [0, 0.1) is 10.1 Å². The van der Waals surface area contributed by atoms with Crippen LogP contribution in [0.3, 0.4) is 0 Å². The fourth-order valence-electron chi connectivity index (χ4n) is 2.52. The van der Waals surface area contributed by atoms with E-state index < -0.39 is 22.7 Å². The highest BCUT2D eigenvalue weighted by Gasteiger charge is 2.29. The molecule has 0 aromatic carbocycles. The first-order valence-electron chi connectivity index (χ1n) is 6.79. The monoisotopic (exact) mass is 336 g/mol. The van der Waals surface area contributed by atoms with E-state index >= 15 is 0 Å². The van der Waals surface area contributed by atoms with Crippen molar-refractivity contribution in [3.63, 3.8) is 0 Å². The molecule has 1 aliphatic rings. The molecule has 0 saturated carbocycles. The zero-order valence-electron chi connectivity index (χ0n) is 12.1. The Bertz CT molecular complexity index is 806. The van der Waals surface area contributed by atoms with Gasteiger partial charge in [0, 0.05) is 4.88 Å². The lowest BCUT2D eigenvalue weighted by Crippen LogP contribution is -2.14. The molecule has 9 heteroatoms. The molecule has 0 atom stereocenters. The summed E-state index contributed by atoms with van der Waals surface area (Å²) in [6.07, 6.45) is 2.58. The van der Waals surface area contributed by atoms with Gasteiger partial charge in [0.15, 0.2) is 5.76 Å². The number of carbonyl (C=O) groups excluding carboxylic acids is 2. The van der Waals surface area contributed by atoms with Gasteiger partial charge in [0.2, 0.25) is 0 Å². The van der Waals surface area contributed by atoms with E-state index in [-0.39, 0.29) is 5.76 Å².